The summed E-state index contributed by atoms with van der Waals surface area (Å²) in [4.78, 5) is 15.8. The summed E-state index contributed by atoms with van der Waals surface area (Å²) >= 11 is 0. The van der Waals surface area contributed by atoms with Gasteiger partial charge in [-0.1, -0.05) is 34.9 Å². The minimum absolute atomic E-state index is 0.137. The molecule has 2 heterocycles. The summed E-state index contributed by atoms with van der Waals surface area (Å²) in [5.74, 6) is 0.179. The number of nitrogens with zero attached hydrogens (tertiary/aromatic N) is 2. The van der Waals surface area contributed by atoms with Crippen molar-refractivity contribution in [3.63, 3.8) is 0 Å². The summed E-state index contributed by atoms with van der Waals surface area (Å²) in [6.07, 6.45) is 1.60. The summed E-state index contributed by atoms with van der Waals surface area (Å²) in [7, 11) is 0. The zero-order valence-corrected chi connectivity index (χ0v) is 12.9. The Bertz CT molecular complexity index is 1070. The molecule has 0 saturated carbocycles. The van der Waals surface area contributed by atoms with E-state index in [1.165, 1.54) is 0 Å². The van der Waals surface area contributed by atoms with Gasteiger partial charge in [-0.25, -0.2) is 0 Å². The standard InChI is InChI=1S/C18H14N4O2/c1-11-7-8-15-13(9-11)16(23)14(10-19-15)17-21-22-18(24-17)20-12-5-3-2-4-6-12/h2-10H,1H3,(H,19,23)(H,20,22). The quantitative estimate of drug-likeness (QED) is 0.602. The molecule has 6 heteroatoms. The van der Waals surface area contributed by atoms with E-state index in [0.29, 0.717) is 10.9 Å². The largest absolute Gasteiger partial charge is 0.403 e. The van der Waals surface area contributed by atoms with Gasteiger partial charge in [-0.2, -0.15) is 0 Å². The Balaban J connectivity index is 1.73. The van der Waals surface area contributed by atoms with Crippen molar-refractivity contribution in [2.24, 2.45) is 0 Å². The van der Waals surface area contributed by atoms with E-state index in [9.17, 15) is 4.79 Å². The second-order valence-electron chi connectivity index (χ2n) is 5.48. The number of aryl methyl sites for hydroxylation is 1. The van der Waals surface area contributed by atoms with Crippen molar-refractivity contribution < 1.29 is 4.42 Å². The first kappa shape index (κ1) is 14.2. The van der Waals surface area contributed by atoms with E-state index in [2.05, 4.69) is 20.5 Å². The van der Waals surface area contributed by atoms with Gasteiger partial charge < -0.3 is 14.7 Å². The molecule has 0 aliphatic rings. The highest BCUT2D eigenvalue weighted by Gasteiger charge is 2.14. The Morgan fingerprint density at radius 3 is 2.75 bits per heavy atom. The highest BCUT2D eigenvalue weighted by atomic mass is 16.4. The number of para-hydroxylation sites is 1. The van der Waals surface area contributed by atoms with Gasteiger partial charge >= 0.3 is 6.01 Å². The maximum absolute atomic E-state index is 12.7. The van der Waals surface area contributed by atoms with Crippen molar-refractivity contribution in [2.75, 3.05) is 5.32 Å². The average molecular weight is 318 g/mol. The highest BCUT2D eigenvalue weighted by Crippen LogP contribution is 2.21. The molecule has 0 fully saturated rings. The van der Waals surface area contributed by atoms with Crippen LogP contribution in [0.3, 0.4) is 0 Å². The van der Waals surface area contributed by atoms with Crippen LogP contribution in [0.25, 0.3) is 22.4 Å². The molecule has 0 spiro atoms. The first-order valence-electron chi connectivity index (χ1n) is 7.49. The first-order valence-corrected chi connectivity index (χ1v) is 7.49. The third-order valence-corrected chi connectivity index (χ3v) is 3.72. The molecule has 0 unspecified atom stereocenters. The number of pyridine rings is 1. The topological polar surface area (TPSA) is 83.8 Å². The van der Waals surface area contributed by atoms with Gasteiger partial charge in [-0.05, 0) is 31.2 Å². The number of H-pyrrole nitrogens is 1. The van der Waals surface area contributed by atoms with Crippen molar-refractivity contribution >= 4 is 22.6 Å². The van der Waals surface area contributed by atoms with Gasteiger partial charge in [0, 0.05) is 22.8 Å². The third kappa shape index (κ3) is 2.54. The predicted molar refractivity (Wildman–Crippen MR) is 92.3 cm³/mol. The van der Waals surface area contributed by atoms with Gasteiger partial charge in [-0.3, -0.25) is 4.79 Å². The molecular formula is C18H14N4O2. The average Bonchev–Trinajstić information content (AvgIpc) is 3.05. The number of aromatic amines is 1. The number of fused-ring (bicyclic) bond motifs is 1. The van der Waals surface area contributed by atoms with Crippen molar-refractivity contribution in [3.05, 3.63) is 70.5 Å². The fraction of sp³-hybridized carbons (Fsp3) is 0.0556. The lowest BCUT2D eigenvalue weighted by atomic mass is 10.1. The second kappa shape index (κ2) is 5.66. The smallest absolute Gasteiger partial charge is 0.320 e. The number of benzene rings is 2. The summed E-state index contributed by atoms with van der Waals surface area (Å²) in [5, 5.41) is 11.5. The summed E-state index contributed by atoms with van der Waals surface area (Å²) in [6.45, 7) is 1.94. The molecule has 4 aromatic rings. The van der Waals surface area contributed by atoms with Gasteiger partial charge in [0.25, 0.3) is 5.89 Å². The summed E-state index contributed by atoms with van der Waals surface area (Å²) in [5.41, 5.74) is 2.83. The first-order chi connectivity index (χ1) is 11.7. The minimum Gasteiger partial charge on any atom is -0.403 e. The van der Waals surface area contributed by atoms with Gasteiger partial charge in [0.05, 0.1) is 0 Å². The molecule has 0 amide bonds. The molecule has 4 rings (SSSR count). The van der Waals surface area contributed by atoms with E-state index < -0.39 is 0 Å². The van der Waals surface area contributed by atoms with Crippen LogP contribution in [-0.2, 0) is 0 Å². The van der Waals surface area contributed by atoms with Crippen molar-refractivity contribution in [1.29, 1.82) is 0 Å². The Labute approximate surface area is 137 Å². The lowest BCUT2D eigenvalue weighted by Gasteiger charge is -2.01. The van der Waals surface area contributed by atoms with Crippen molar-refractivity contribution in [3.8, 4) is 11.5 Å². The zero-order valence-electron chi connectivity index (χ0n) is 12.9. The fourth-order valence-electron chi connectivity index (χ4n) is 2.52. The van der Waals surface area contributed by atoms with E-state index in [0.717, 1.165) is 16.8 Å². The fourth-order valence-corrected chi connectivity index (χ4v) is 2.52. The summed E-state index contributed by atoms with van der Waals surface area (Å²) in [6, 6.07) is 15.4. The molecule has 6 nitrogen and oxygen atoms in total. The molecule has 118 valence electrons. The van der Waals surface area contributed by atoms with Crippen LogP contribution in [0, 0.1) is 6.92 Å². The molecule has 2 N–H and O–H groups in total. The van der Waals surface area contributed by atoms with E-state index in [1.807, 2.05) is 55.5 Å². The SMILES string of the molecule is Cc1ccc2[nH]cc(-c3nnc(Nc4ccccc4)o3)c(=O)c2c1. The van der Waals surface area contributed by atoms with Crippen LogP contribution in [-0.4, -0.2) is 15.2 Å². The Hall–Kier alpha value is -3.41. The highest BCUT2D eigenvalue weighted by molar-refractivity contribution is 5.82. The number of nitrogens with one attached hydrogen (secondary N) is 2. The molecule has 2 aromatic carbocycles. The molecule has 0 bridgehead atoms. The predicted octanol–water partition coefficient (Wildman–Crippen LogP) is 3.63. The van der Waals surface area contributed by atoms with Crippen molar-refractivity contribution in [1.82, 2.24) is 15.2 Å². The van der Waals surface area contributed by atoms with Gasteiger partial charge in [-0.15, -0.1) is 5.10 Å². The molecule has 0 radical (unpaired) electrons. The maximum Gasteiger partial charge on any atom is 0.320 e. The second-order valence-corrected chi connectivity index (χ2v) is 5.48. The minimum atomic E-state index is -0.137. The van der Waals surface area contributed by atoms with Gasteiger partial charge in [0.2, 0.25) is 5.43 Å². The number of aromatic nitrogens is 3. The van der Waals surface area contributed by atoms with Crippen LogP contribution >= 0.6 is 0 Å². The van der Waals surface area contributed by atoms with E-state index >= 15 is 0 Å². The molecule has 0 saturated heterocycles. The van der Waals surface area contributed by atoms with Crippen LogP contribution < -0.4 is 10.7 Å². The number of hydrogen-bond acceptors (Lipinski definition) is 5. The van der Waals surface area contributed by atoms with Crippen LogP contribution in [0.5, 0.6) is 0 Å². The third-order valence-electron chi connectivity index (χ3n) is 3.72. The zero-order chi connectivity index (χ0) is 16.5. The van der Waals surface area contributed by atoms with E-state index in [1.54, 1.807) is 6.20 Å². The van der Waals surface area contributed by atoms with Gasteiger partial charge in [0.15, 0.2) is 0 Å². The molecule has 0 aliphatic carbocycles. The lowest BCUT2D eigenvalue weighted by molar-refractivity contribution is 0.587. The Kier molecular flexibility index (Phi) is 3.35. The maximum atomic E-state index is 12.7. The van der Waals surface area contributed by atoms with Crippen LogP contribution in [0.1, 0.15) is 5.56 Å². The van der Waals surface area contributed by atoms with E-state index in [-0.39, 0.29) is 17.3 Å². The lowest BCUT2D eigenvalue weighted by Crippen LogP contribution is -2.06. The Morgan fingerprint density at radius 2 is 1.92 bits per heavy atom. The molecular weight excluding hydrogens is 304 g/mol. The number of anilines is 2. The monoisotopic (exact) mass is 318 g/mol. The molecule has 0 atom stereocenters. The van der Waals surface area contributed by atoms with Crippen LogP contribution in [0.4, 0.5) is 11.7 Å². The van der Waals surface area contributed by atoms with Crippen LogP contribution in [0.2, 0.25) is 0 Å². The number of hydrogen-bond donors (Lipinski definition) is 2. The Morgan fingerprint density at radius 1 is 1.08 bits per heavy atom. The number of rotatable bonds is 3. The molecule has 24 heavy (non-hydrogen) atoms. The van der Waals surface area contributed by atoms with E-state index in [4.69, 9.17) is 4.42 Å². The van der Waals surface area contributed by atoms with Gasteiger partial charge in [0.1, 0.15) is 5.56 Å². The summed E-state index contributed by atoms with van der Waals surface area (Å²) < 4.78 is 5.58. The molecule has 2 aromatic heterocycles. The van der Waals surface area contributed by atoms with Crippen molar-refractivity contribution in [2.45, 2.75) is 6.92 Å². The van der Waals surface area contributed by atoms with Crippen LogP contribution in [0.15, 0.2) is 63.9 Å². The normalized spacial score (nSPS) is 10.9. The molecule has 0 aliphatic heterocycles.